The Labute approximate surface area is 92.3 Å². The van der Waals surface area contributed by atoms with Crippen molar-refractivity contribution in [2.45, 2.75) is 12.5 Å². The van der Waals surface area contributed by atoms with Crippen molar-refractivity contribution in [2.24, 2.45) is 17.2 Å². The molecular formula is C6H15N3O6S. The number of rotatable bonds is 5. The molecule has 0 fully saturated rings. The molecule has 0 aromatic heterocycles. The van der Waals surface area contributed by atoms with Gasteiger partial charge < -0.3 is 22.3 Å². The van der Waals surface area contributed by atoms with Crippen molar-refractivity contribution in [3.05, 3.63) is 0 Å². The maximum absolute atomic E-state index is 9.99. The minimum absolute atomic E-state index is 0.0289. The van der Waals surface area contributed by atoms with Gasteiger partial charge in [0.25, 0.3) is 10.1 Å². The zero-order valence-electron chi connectivity index (χ0n) is 8.37. The summed E-state index contributed by atoms with van der Waals surface area (Å²) >= 11 is 0. The van der Waals surface area contributed by atoms with Gasteiger partial charge in [-0.3, -0.25) is 14.1 Å². The first-order valence-corrected chi connectivity index (χ1v) is 5.63. The molecule has 0 rings (SSSR count). The van der Waals surface area contributed by atoms with Gasteiger partial charge in [-0.25, -0.2) is 0 Å². The summed E-state index contributed by atoms with van der Waals surface area (Å²) in [4.78, 5) is 19.9. The molecule has 0 aliphatic heterocycles. The zero-order chi connectivity index (χ0) is 13.4. The average Bonchev–Trinajstić information content (AvgIpc) is 2.01. The van der Waals surface area contributed by atoms with Crippen LogP contribution in [0.15, 0.2) is 0 Å². The van der Waals surface area contributed by atoms with E-state index in [4.69, 9.17) is 21.1 Å². The Morgan fingerprint density at radius 3 is 1.81 bits per heavy atom. The molecular weight excluding hydrogens is 242 g/mol. The smallest absolute Gasteiger partial charge is 0.321 e. The standard InChI is InChI=1S/C4H8N2O3.C2H7NO3S/c5-2(4(8)9)1-3(6)7;3-1-2-7(4,5)6/h2H,1,5H2,(H2,6,7)(H,8,9);1-3H2,(H,4,5,6). The molecule has 0 aromatic carbocycles. The van der Waals surface area contributed by atoms with Crippen molar-refractivity contribution in [3.8, 4) is 0 Å². The van der Waals surface area contributed by atoms with Crippen molar-refractivity contribution >= 4 is 22.0 Å². The number of amides is 1. The molecule has 1 atom stereocenters. The number of primary amides is 1. The van der Waals surface area contributed by atoms with Crippen LogP contribution in [0.25, 0.3) is 0 Å². The summed E-state index contributed by atoms with van der Waals surface area (Å²) in [6.07, 6.45) is -0.310. The van der Waals surface area contributed by atoms with E-state index in [-0.39, 0.29) is 18.7 Å². The van der Waals surface area contributed by atoms with Gasteiger partial charge in [-0.1, -0.05) is 0 Å². The third-order valence-corrected chi connectivity index (χ3v) is 1.87. The Morgan fingerprint density at radius 1 is 1.31 bits per heavy atom. The van der Waals surface area contributed by atoms with E-state index in [0.29, 0.717) is 0 Å². The summed E-state index contributed by atoms with van der Waals surface area (Å²) in [7, 11) is -3.80. The van der Waals surface area contributed by atoms with Gasteiger partial charge >= 0.3 is 5.97 Å². The van der Waals surface area contributed by atoms with Gasteiger partial charge in [0.05, 0.1) is 12.2 Å². The maximum Gasteiger partial charge on any atom is 0.321 e. The molecule has 0 heterocycles. The van der Waals surface area contributed by atoms with Gasteiger partial charge in [0, 0.05) is 6.54 Å². The molecule has 1 amide bonds. The van der Waals surface area contributed by atoms with Crippen molar-refractivity contribution in [1.82, 2.24) is 0 Å². The number of nitrogens with two attached hydrogens (primary N) is 3. The number of carbonyl (C=O) groups is 2. The van der Waals surface area contributed by atoms with Gasteiger partial charge in [-0.05, 0) is 0 Å². The van der Waals surface area contributed by atoms with Crippen LogP contribution in [0.1, 0.15) is 6.42 Å². The topological polar surface area (TPSA) is 187 Å². The first-order chi connectivity index (χ1) is 7.10. The normalized spacial score (nSPS) is 12.2. The lowest BCUT2D eigenvalue weighted by Crippen LogP contribution is -2.34. The SMILES string of the molecule is NC(=O)CC(N)C(=O)O.NCCS(=O)(=O)O. The Morgan fingerprint density at radius 2 is 1.75 bits per heavy atom. The quantitative estimate of drug-likeness (QED) is 0.324. The summed E-state index contributed by atoms with van der Waals surface area (Å²) < 4.78 is 27.3. The average molecular weight is 257 g/mol. The molecule has 0 aliphatic rings. The fourth-order valence-corrected chi connectivity index (χ4v) is 0.751. The Bertz CT molecular complexity index is 327. The van der Waals surface area contributed by atoms with Gasteiger partial charge in [0.2, 0.25) is 5.91 Å². The highest BCUT2D eigenvalue weighted by Gasteiger charge is 2.13. The van der Waals surface area contributed by atoms with E-state index in [2.05, 4.69) is 5.73 Å². The Kier molecular flexibility index (Phi) is 8.57. The van der Waals surface area contributed by atoms with E-state index in [1.54, 1.807) is 0 Å². The third kappa shape index (κ3) is 15.3. The monoisotopic (exact) mass is 257 g/mol. The molecule has 1 unspecified atom stereocenters. The number of hydrogen-bond donors (Lipinski definition) is 5. The first-order valence-electron chi connectivity index (χ1n) is 4.02. The largest absolute Gasteiger partial charge is 0.480 e. The molecule has 0 bridgehead atoms. The van der Waals surface area contributed by atoms with Crippen LogP contribution in [-0.2, 0) is 19.7 Å². The minimum atomic E-state index is -3.80. The molecule has 8 N–H and O–H groups in total. The van der Waals surface area contributed by atoms with Crippen LogP contribution in [0.3, 0.4) is 0 Å². The summed E-state index contributed by atoms with van der Waals surface area (Å²) in [6, 6.07) is -1.16. The molecule has 96 valence electrons. The number of carbonyl (C=O) groups excluding carboxylic acids is 1. The number of carboxylic acids is 1. The lowest BCUT2D eigenvalue weighted by molar-refractivity contribution is -0.140. The summed E-state index contributed by atoms with van der Waals surface area (Å²) in [5.41, 5.74) is 14.3. The van der Waals surface area contributed by atoms with E-state index in [9.17, 15) is 18.0 Å². The highest BCUT2D eigenvalue weighted by Crippen LogP contribution is 1.84. The Balaban J connectivity index is 0. The number of carboxylic acid groups (broad SMARTS) is 1. The molecule has 0 spiro atoms. The molecule has 10 heteroatoms. The van der Waals surface area contributed by atoms with Crippen molar-refractivity contribution in [3.63, 3.8) is 0 Å². The van der Waals surface area contributed by atoms with Crippen LogP contribution >= 0.6 is 0 Å². The maximum atomic E-state index is 9.99. The predicted octanol–water partition coefficient (Wildman–Crippen LogP) is -2.89. The summed E-state index contributed by atoms with van der Waals surface area (Å²) in [6.45, 7) is -0.0289. The van der Waals surface area contributed by atoms with Gasteiger partial charge in [0.1, 0.15) is 6.04 Å². The van der Waals surface area contributed by atoms with Gasteiger partial charge in [-0.2, -0.15) is 8.42 Å². The van der Waals surface area contributed by atoms with Gasteiger partial charge in [0.15, 0.2) is 0 Å². The van der Waals surface area contributed by atoms with Crippen LogP contribution in [0.5, 0.6) is 0 Å². The highest BCUT2D eigenvalue weighted by molar-refractivity contribution is 7.85. The van der Waals surface area contributed by atoms with Crippen LogP contribution in [0.4, 0.5) is 0 Å². The molecule has 16 heavy (non-hydrogen) atoms. The van der Waals surface area contributed by atoms with E-state index in [0.717, 1.165) is 0 Å². The van der Waals surface area contributed by atoms with E-state index in [1.807, 2.05) is 0 Å². The highest BCUT2D eigenvalue weighted by atomic mass is 32.2. The summed E-state index contributed by atoms with van der Waals surface area (Å²) in [5.74, 6) is -2.27. The van der Waals surface area contributed by atoms with Crippen LogP contribution in [0, 0.1) is 0 Å². The van der Waals surface area contributed by atoms with Gasteiger partial charge in [-0.15, -0.1) is 0 Å². The zero-order valence-corrected chi connectivity index (χ0v) is 9.18. The number of hydrogen-bond acceptors (Lipinski definition) is 6. The van der Waals surface area contributed by atoms with E-state index in [1.165, 1.54) is 0 Å². The number of aliphatic carboxylic acids is 1. The molecule has 0 saturated carbocycles. The lowest BCUT2D eigenvalue weighted by Gasteiger charge is -1.99. The molecule has 0 saturated heterocycles. The fourth-order valence-electron chi connectivity index (χ4n) is 0.453. The van der Waals surface area contributed by atoms with E-state index >= 15 is 0 Å². The first kappa shape index (κ1) is 17.2. The second-order valence-corrected chi connectivity index (χ2v) is 4.26. The second-order valence-electron chi connectivity index (χ2n) is 2.69. The van der Waals surface area contributed by atoms with Crippen molar-refractivity contribution in [1.29, 1.82) is 0 Å². The second kappa shape index (κ2) is 7.98. The summed E-state index contributed by atoms with van der Waals surface area (Å²) in [5, 5.41) is 8.10. The third-order valence-electron chi connectivity index (χ3n) is 1.11. The van der Waals surface area contributed by atoms with E-state index < -0.39 is 28.0 Å². The molecule has 9 nitrogen and oxygen atoms in total. The molecule has 0 radical (unpaired) electrons. The lowest BCUT2D eigenvalue weighted by atomic mass is 10.2. The minimum Gasteiger partial charge on any atom is -0.480 e. The van der Waals surface area contributed by atoms with Crippen molar-refractivity contribution in [2.75, 3.05) is 12.3 Å². The molecule has 0 aromatic rings. The fraction of sp³-hybridized carbons (Fsp3) is 0.667. The Hall–Kier alpha value is -1.23. The van der Waals surface area contributed by atoms with Crippen molar-refractivity contribution < 1.29 is 27.7 Å². The van der Waals surface area contributed by atoms with Crippen LogP contribution < -0.4 is 17.2 Å². The van der Waals surface area contributed by atoms with Crippen LogP contribution in [0.2, 0.25) is 0 Å². The predicted molar refractivity (Wildman–Crippen MR) is 54.9 cm³/mol. The molecule has 0 aliphatic carbocycles. The van der Waals surface area contributed by atoms with Crippen LogP contribution in [-0.4, -0.2) is 48.3 Å².